The predicted molar refractivity (Wildman–Crippen MR) is 462 cm³/mol. The van der Waals surface area contributed by atoms with Crippen molar-refractivity contribution in [1.29, 1.82) is 0 Å². The van der Waals surface area contributed by atoms with Crippen LogP contribution in [0, 0.1) is 16.2 Å². The molecule has 1 spiro atoms. The minimum Gasteiger partial charge on any atom is -0.376 e. The first-order chi connectivity index (χ1) is 59.8. The molecule has 12 aliphatic heterocycles. The van der Waals surface area contributed by atoms with Crippen molar-refractivity contribution in [2.24, 2.45) is 53.4 Å². The Morgan fingerprint density at radius 2 is 0.816 bits per heavy atom. The number of aliphatic imine (C=N–C) groups is 4. The van der Waals surface area contributed by atoms with Gasteiger partial charge in [0.05, 0.1) is 86.5 Å². The Morgan fingerprint density at radius 1 is 0.440 bits per heavy atom. The first kappa shape index (κ1) is 86.4. The molecule has 6 N–H and O–H groups in total. The van der Waals surface area contributed by atoms with Crippen LogP contribution in [-0.4, -0.2) is 194 Å². The fourth-order valence-electron chi connectivity index (χ4n) is 18.5. The summed E-state index contributed by atoms with van der Waals surface area (Å²) in [4.78, 5) is 70.3. The van der Waals surface area contributed by atoms with Gasteiger partial charge in [0, 0.05) is 99.7 Å². The molecule has 4 fully saturated rings. The molecule has 0 saturated carbocycles. The Balaban J connectivity index is 0.000000119. The summed E-state index contributed by atoms with van der Waals surface area (Å²) in [6, 6.07) is 22.4. The number of aryl methyl sites for hydroxylation is 3. The molecule has 0 aliphatic carbocycles. The summed E-state index contributed by atoms with van der Waals surface area (Å²) >= 11 is 0. The minimum absolute atomic E-state index is 0.0384. The first-order valence-corrected chi connectivity index (χ1v) is 47.2. The second-order valence-corrected chi connectivity index (χ2v) is 38.1. The number of halogens is 4. The van der Waals surface area contributed by atoms with Crippen molar-refractivity contribution < 1.29 is 66.5 Å². The van der Waals surface area contributed by atoms with E-state index < -0.39 is 47.6 Å². The Kier molecular flexibility index (Phi) is 23.9. The summed E-state index contributed by atoms with van der Waals surface area (Å²) in [5, 5.41) is 0. The summed E-state index contributed by atoms with van der Waals surface area (Å²) in [5.41, 5.74) is 31.5. The number of nitrogens with zero attached hydrogens (tertiary/aromatic N) is 19. The molecule has 20 rings (SSSR count). The van der Waals surface area contributed by atoms with E-state index in [0.29, 0.717) is 92.1 Å². The van der Waals surface area contributed by atoms with Crippen LogP contribution in [-0.2, 0) is 98.3 Å². The molecule has 0 unspecified atom stereocenters. The van der Waals surface area contributed by atoms with Crippen LogP contribution in [0.25, 0.3) is 0 Å². The molecule has 4 aromatic heterocycles. The third-order valence-electron chi connectivity index (χ3n) is 25.7. The number of fused-ring (bicyclic) bond motifs is 8. The highest BCUT2D eigenvalue weighted by molar-refractivity contribution is 7.86. The maximum atomic E-state index is 13.8. The molecule has 662 valence electrons. The van der Waals surface area contributed by atoms with E-state index >= 15 is 0 Å². The van der Waals surface area contributed by atoms with E-state index in [1.165, 1.54) is 23.8 Å². The molecule has 2 atom stereocenters. The highest BCUT2D eigenvalue weighted by Crippen LogP contribution is 2.45. The van der Waals surface area contributed by atoms with Crippen molar-refractivity contribution in [3.05, 3.63) is 171 Å². The lowest BCUT2D eigenvalue weighted by Gasteiger charge is -2.41. The van der Waals surface area contributed by atoms with Gasteiger partial charge in [-0.3, -0.25) is 20.0 Å². The van der Waals surface area contributed by atoms with Crippen LogP contribution in [0.3, 0.4) is 0 Å². The Labute approximate surface area is 723 Å². The maximum Gasteiger partial charge on any atom is 0.490 e. The number of rotatable bonds is 12. The second kappa shape index (κ2) is 34.5. The monoisotopic (exact) mass is 1800 g/mol. The van der Waals surface area contributed by atoms with Gasteiger partial charge in [0.2, 0.25) is 0 Å². The fourth-order valence-corrected chi connectivity index (χ4v) is 20.2. The van der Waals surface area contributed by atoms with Crippen LogP contribution in [0.4, 0.5) is 55.7 Å². The van der Waals surface area contributed by atoms with Crippen molar-refractivity contribution >= 4 is 105 Å². The van der Waals surface area contributed by atoms with Gasteiger partial charge in [-0.2, -0.15) is 33.7 Å². The molecule has 0 amide bonds. The smallest absolute Gasteiger partial charge is 0.376 e. The van der Waals surface area contributed by atoms with Crippen molar-refractivity contribution in [1.82, 2.24) is 39.9 Å². The lowest BCUT2D eigenvalue weighted by molar-refractivity contribution is 0.0974. The molecule has 0 bridgehead atoms. The zero-order valence-corrected chi connectivity index (χ0v) is 72.4. The van der Waals surface area contributed by atoms with Crippen molar-refractivity contribution in [3.63, 3.8) is 0 Å². The highest BCUT2D eigenvalue weighted by atomic mass is 32.3. The molecule has 42 heteroatoms. The number of piperidine rings is 3. The molecular weight excluding hydrogens is 1700 g/mol. The van der Waals surface area contributed by atoms with Gasteiger partial charge >= 0.3 is 41.7 Å². The van der Waals surface area contributed by atoms with E-state index in [0.717, 1.165) is 235 Å². The lowest BCUT2D eigenvalue weighted by atomic mass is 9.73. The van der Waals surface area contributed by atoms with E-state index in [9.17, 15) is 49.2 Å². The molecule has 16 heterocycles. The van der Waals surface area contributed by atoms with Crippen LogP contribution in [0.1, 0.15) is 153 Å². The maximum absolute atomic E-state index is 13.8. The Morgan fingerprint density at radius 3 is 1.22 bits per heavy atom. The van der Waals surface area contributed by atoms with Gasteiger partial charge in [0.1, 0.15) is 56.6 Å². The average Bonchev–Trinajstić information content (AvgIpc) is 1.70. The third kappa shape index (κ3) is 18.5. The number of hydrogen-bond acceptors (Lipinski definition) is 34. The molecule has 4 aromatic carbocycles. The van der Waals surface area contributed by atoms with Crippen molar-refractivity contribution in [2.75, 3.05) is 119 Å². The number of aromatic nitrogens is 8. The molecule has 8 aromatic rings. The number of para-hydroxylation sites is 1. The van der Waals surface area contributed by atoms with Crippen LogP contribution in [0.15, 0.2) is 129 Å². The number of amidine groups is 4. The van der Waals surface area contributed by atoms with Crippen molar-refractivity contribution in [3.8, 4) is 17.4 Å². The SMILES string of the molecule is CC1(CN)CCN(c2cnc3c(n2)CN=C3N2CCCc3c2cccc3S(=O)(=O)F)CC1.CC1(CN)CCN(c2cnc3c(n2)CN=C3N2CCCc3cc(OS(=O)(=O)F)ccc32)CC1.C[C@@H]1OCC2(CCN(c3cnc4c(n3)CN=C4N3CCCc4cc(OS(=O)(=O)F)ccc43)CC2)[C@@H]1N.O=S(=O)(F)Oc1cnc2c(n1)CN=C2N1CCCc2ccccc21. The topological polar surface area (TPSA) is 427 Å². The predicted octanol–water partition coefficient (Wildman–Crippen LogP) is 8.66. The summed E-state index contributed by atoms with van der Waals surface area (Å²) in [5.74, 6) is 4.97. The standard InChI is InChI=1S/C24H29FN6O4S.C22H27FN6O3S.C22H27FN6O2S.C15H13FN4O3S/c1-15-22(26)24(14-34-15)6-9-30(10-7-24)20-13-27-21-18(29-20)12-28-23(21)31-8-2-3-16-11-17(4-5-19(16)31)35-36(25,32)33;1-22(14-24)6-9-28(10-7-22)19-13-25-20-17(27-19)12-26-21(20)29-8-2-3-15-11-16(4-5-18(15)29)32-33(23,30)31;1-22(14-24)7-10-28(11-8-22)19-13-25-20-16(27-19)12-26-21(20)29-9-3-4-15-17(29)5-2-6-18(15)32(23,30)31;16-24(21,22)23-13-9-17-14-11(19-13)8-18-15(14)20-7-3-5-10-4-1-2-6-12(10)20/h4-5,11,13,15,22H,2-3,6-10,12,14,26H2,1H3;4-5,11,13H,2-3,6-10,12,14,24H2,1H3;2,5-6,13H,3-4,7-12,14,24H2,1H3;1-2,4,6,9H,3,5,7-8H2/t15-,22+;;;/m0.../s1. The van der Waals surface area contributed by atoms with Crippen LogP contribution < -0.4 is 64.0 Å². The molecule has 125 heavy (non-hydrogen) atoms. The number of hydrogen-bond donors (Lipinski definition) is 3. The average molecular weight is 1800 g/mol. The lowest BCUT2D eigenvalue weighted by Crippen LogP contribution is -2.50. The van der Waals surface area contributed by atoms with Gasteiger partial charge in [-0.05, 0) is 198 Å². The first-order valence-electron chi connectivity index (χ1n) is 41.9. The van der Waals surface area contributed by atoms with E-state index in [1.54, 1.807) is 36.5 Å². The van der Waals surface area contributed by atoms with Gasteiger partial charge in [-0.25, -0.2) is 39.9 Å². The largest absolute Gasteiger partial charge is 0.490 e. The Bertz CT molecular complexity index is 6140. The molecule has 0 radical (unpaired) electrons. The third-order valence-corrected chi connectivity index (χ3v) is 27.8. The van der Waals surface area contributed by atoms with Crippen LogP contribution >= 0.6 is 0 Å². The number of benzene rings is 4. The van der Waals surface area contributed by atoms with Gasteiger partial charge in [-0.1, -0.05) is 49.8 Å². The molecular formula is C83H96F4N22O12S4. The summed E-state index contributed by atoms with van der Waals surface area (Å²) < 4.78 is 159. The van der Waals surface area contributed by atoms with E-state index in [2.05, 4.69) is 88.7 Å². The van der Waals surface area contributed by atoms with Gasteiger partial charge in [0.25, 0.3) is 5.88 Å². The summed E-state index contributed by atoms with van der Waals surface area (Å²) in [6.07, 6.45) is 19.0. The van der Waals surface area contributed by atoms with Crippen LogP contribution in [0.2, 0.25) is 0 Å². The zero-order valence-electron chi connectivity index (χ0n) is 69.2. The fraction of sp³-hybridized carbons (Fsp3) is 0.470. The van der Waals surface area contributed by atoms with Gasteiger partial charge in [0.15, 0.2) is 23.3 Å². The van der Waals surface area contributed by atoms with Crippen LogP contribution in [0.5, 0.6) is 17.4 Å². The highest BCUT2D eigenvalue weighted by Gasteiger charge is 2.48. The second-order valence-electron chi connectivity index (χ2n) is 33.9. The molecule has 34 nitrogen and oxygen atoms in total. The summed E-state index contributed by atoms with van der Waals surface area (Å²) in [6.45, 7) is 18.5. The van der Waals surface area contributed by atoms with Gasteiger partial charge < -0.3 is 68.8 Å². The van der Waals surface area contributed by atoms with E-state index in [-0.39, 0.29) is 51.3 Å². The quantitative estimate of drug-likeness (QED) is 0.0760. The number of anilines is 7. The zero-order chi connectivity index (χ0) is 87.5. The normalized spacial score (nSPS) is 20.7. The van der Waals surface area contributed by atoms with E-state index in [1.807, 2.05) is 41.6 Å². The minimum atomic E-state index is -5.12. The molecule has 12 aliphatic rings. The van der Waals surface area contributed by atoms with Gasteiger partial charge in [-0.15, -0.1) is 3.89 Å². The molecule has 4 saturated heterocycles. The number of ether oxygens (including phenoxy) is 1. The Hall–Kier alpha value is -10.8. The number of nitrogens with two attached hydrogens (primary N) is 3. The van der Waals surface area contributed by atoms with E-state index in [4.69, 9.17) is 61.8 Å². The summed E-state index contributed by atoms with van der Waals surface area (Å²) in [7, 11) is -20.0. The van der Waals surface area contributed by atoms with Crippen molar-refractivity contribution in [2.45, 2.75) is 154 Å².